The number of benzene rings is 1. The van der Waals surface area contributed by atoms with E-state index < -0.39 is 34.3 Å². The molecule has 1 aliphatic rings. The molecular weight excluding hydrogens is 326 g/mol. The van der Waals surface area contributed by atoms with Crippen molar-refractivity contribution >= 4 is 11.7 Å². The van der Waals surface area contributed by atoms with Crippen LogP contribution in [0.3, 0.4) is 0 Å². The summed E-state index contributed by atoms with van der Waals surface area (Å²) >= 11 is 0. The number of nitro benzene ring substituents is 1. The second-order valence-corrected chi connectivity index (χ2v) is 6.94. The van der Waals surface area contributed by atoms with Gasteiger partial charge < -0.3 is 14.9 Å². The van der Waals surface area contributed by atoms with Crippen LogP contribution in [0.25, 0.3) is 0 Å². The first-order valence-electron chi connectivity index (χ1n) is 7.79. The van der Waals surface area contributed by atoms with Crippen molar-refractivity contribution in [1.82, 2.24) is 0 Å². The van der Waals surface area contributed by atoms with E-state index in [4.69, 9.17) is 4.74 Å². The van der Waals surface area contributed by atoms with Crippen LogP contribution in [0.15, 0.2) is 47.7 Å². The molecule has 2 atom stereocenters. The number of carbonyl (C=O) groups is 1. The molecule has 0 heterocycles. The van der Waals surface area contributed by atoms with Crippen LogP contribution in [0.4, 0.5) is 5.69 Å². The molecule has 0 saturated carbocycles. The topological polar surface area (TPSA) is 110 Å². The molecule has 7 nitrogen and oxygen atoms in total. The number of aliphatic hydroxyl groups excluding tert-OH is 2. The lowest BCUT2D eigenvalue weighted by molar-refractivity contribution is -0.384. The van der Waals surface area contributed by atoms with Gasteiger partial charge in [0.15, 0.2) is 0 Å². The van der Waals surface area contributed by atoms with E-state index in [0.717, 1.165) is 0 Å². The number of rotatable bonds is 3. The molecule has 0 unspecified atom stereocenters. The van der Waals surface area contributed by atoms with E-state index in [2.05, 4.69) is 6.58 Å². The SMILES string of the molecule is C=C1C(O)=C(C(=O)OC(C)(C)C)[C@H](c2ccc([N+](=O)[O-])cc2)C[C@H]1O. The van der Waals surface area contributed by atoms with Gasteiger partial charge in [-0.15, -0.1) is 0 Å². The molecule has 0 bridgehead atoms. The minimum Gasteiger partial charge on any atom is -0.507 e. The van der Waals surface area contributed by atoms with Gasteiger partial charge in [-0.25, -0.2) is 4.79 Å². The first-order valence-corrected chi connectivity index (χ1v) is 7.79. The molecule has 1 aliphatic carbocycles. The van der Waals surface area contributed by atoms with Gasteiger partial charge in [-0.3, -0.25) is 10.1 Å². The monoisotopic (exact) mass is 347 g/mol. The van der Waals surface area contributed by atoms with Crippen molar-refractivity contribution in [3.05, 3.63) is 63.4 Å². The van der Waals surface area contributed by atoms with Crippen LogP contribution in [0, 0.1) is 10.1 Å². The van der Waals surface area contributed by atoms with Crippen LogP contribution in [0.1, 0.15) is 38.7 Å². The van der Waals surface area contributed by atoms with E-state index in [9.17, 15) is 25.1 Å². The Morgan fingerprint density at radius 3 is 2.36 bits per heavy atom. The molecule has 2 rings (SSSR count). The van der Waals surface area contributed by atoms with Crippen LogP contribution >= 0.6 is 0 Å². The Morgan fingerprint density at radius 1 is 1.32 bits per heavy atom. The summed E-state index contributed by atoms with van der Waals surface area (Å²) in [6, 6.07) is 5.63. The average molecular weight is 347 g/mol. The Hall–Kier alpha value is -2.67. The number of aliphatic hydroxyl groups is 2. The molecule has 134 valence electrons. The molecule has 7 heteroatoms. The summed E-state index contributed by atoms with van der Waals surface area (Å²) in [5.41, 5.74) is -0.235. The highest BCUT2D eigenvalue weighted by Gasteiger charge is 2.38. The van der Waals surface area contributed by atoms with Gasteiger partial charge in [0.05, 0.1) is 16.6 Å². The number of carbonyl (C=O) groups excluding carboxylic acids is 1. The molecule has 1 aromatic rings. The standard InChI is InChI=1S/C18H21NO6/c1-10-14(20)9-13(11-5-7-12(8-6-11)19(23)24)15(16(10)21)17(22)25-18(2,3)4/h5-8,13-14,20-21H,1,9H2,2-4H3/t13-,14+/m0/s1. The number of nitrogens with zero attached hydrogens (tertiary/aromatic N) is 1. The van der Waals surface area contributed by atoms with Gasteiger partial charge in [0.1, 0.15) is 11.4 Å². The van der Waals surface area contributed by atoms with E-state index in [1.165, 1.54) is 24.3 Å². The molecule has 0 spiro atoms. The third kappa shape index (κ3) is 4.06. The number of ether oxygens (including phenoxy) is 1. The molecule has 0 amide bonds. The maximum absolute atomic E-state index is 12.6. The number of non-ortho nitro benzene ring substituents is 1. The molecule has 0 aromatic heterocycles. The Labute approximate surface area is 145 Å². The fourth-order valence-corrected chi connectivity index (χ4v) is 2.68. The van der Waals surface area contributed by atoms with E-state index in [1.807, 2.05) is 0 Å². The van der Waals surface area contributed by atoms with Gasteiger partial charge in [-0.1, -0.05) is 18.7 Å². The Balaban J connectivity index is 2.47. The van der Waals surface area contributed by atoms with Gasteiger partial charge in [0, 0.05) is 23.6 Å². The lowest BCUT2D eigenvalue weighted by Gasteiger charge is -2.31. The first-order chi connectivity index (χ1) is 11.5. The smallest absolute Gasteiger partial charge is 0.338 e. The van der Waals surface area contributed by atoms with Crippen molar-refractivity contribution in [3.63, 3.8) is 0 Å². The summed E-state index contributed by atoms with van der Waals surface area (Å²) in [7, 11) is 0. The summed E-state index contributed by atoms with van der Waals surface area (Å²) in [6.45, 7) is 8.73. The van der Waals surface area contributed by atoms with Gasteiger partial charge in [0.25, 0.3) is 5.69 Å². The summed E-state index contributed by atoms with van der Waals surface area (Å²) in [5, 5.41) is 31.3. The zero-order valence-electron chi connectivity index (χ0n) is 14.4. The lowest BCUT2D eigenvalue weighted by atomic mass is 9.78. The Morgan fingerprint density at radius 2 is 1.88 bits per heavy atom. The van der Waals surface area contributed by atoms with Crippen molar-refractivity contribution < 1.29 is 24.7 Å². The van der Waals surface area contributed by atoms with Crippen LogP contribution < -0.4 is 0 Å². The van der Waals surface area contributed by atoms with Crippen molar-refractivity contribution in [2.45, 2.75) is 44.8 Å². The van der Waals surface area contributed by atoms with Crippen LogP contribution in [0.5, 0.6) is 0 Å². The van der Waals surface area contributed by atoms with E-state index in [-0.39, 0.29) is 23.3 Å². The van der Waals surface area contributed by atoms with Crippen molar-refractivity contribution in [3.8, 4) is 0 Å². The second kappa shape index (κ2) is 6.68. The first kappa shape index (κ1) is 18.7. The van der Waals surface area contributed by atoms with Crippen molar-refractivity contribution in [2.75, 3.05) is 0 Å². The summed E-state index contributed by atoms with van der Waals surface area (Å²) in [5.74, 6) is -1.76. The zero-order chi connectivity index (χ0) is 18.9. The average Bonchev–Trinajstić information content (AvgIpc) is 2.50. The molecule has 0 radical (unpaired) electrons. The summed E-state index contributed by atoms with van der Waals surface area (Å²) in [4.78, 5) is 22.8. The normalized spacial score (nSPS) is 21.2. The van der Waals surface area contributed by atoms with E-state index >= 15 is 0 Å². The van der Waals surface area contributed by atoms with Crippen LogP contribution in [-0.4, -0.2) is 32.8 Å². The summed E-state index contributed by atoms with van der Waals surface area (Å²) < 4.78 is 5.36. The third-order valence-electron chi connectivity index (χ3n) is 3.89. The lowest BCUT2D eigenvalue weighted by Crippen LogP contribution is -2.32. The molecule has 0 aliphatic heterocycles. The predicted molar refractivity (Wildman–Crippen MR) is 91.1 cm³/mol. The van der Waals surface area contributed by atoms with Gasteiger partial charge in [-0.2, -0.15) is 0 Å². The molecule has 2 N–H and O–H groups in total. The maximum Gasteiger partial charge on any atom is 0.338 e. The number of hydrogen-bond acceptors (Lipinski definition) is 6. The molecule has 25 heavy (non-hydrogen) atoms. The van der Waals surface area contributed by atoms with Gasteiger partial charge in [0.2, 0.25) is 0 Å². The number of hydrogen-bond donors (Lipinski definition) is 2. The van der Waals surface area contributed by atoms with Crippen LogP contribution in [-0.2, 0) is 9.53 Å². The number of nitro groups is 1. The predicted octanol–water partition coefficient (Wildman–Crippen LogP) is 3.15. The number of esters is 1. The second-order valence-electron chi connectivity index (χ2n) is 6.94. The highest BCUT2D eigenvalue weighted by molar-refractivity contribution is 5.92. The van der Waals surface area contributed by atoms with E-state index in [0.29, 0.717) is 5.56 Å². The molecule has 0 fully saturated rings. The maximum atomic E-state index is 12.6. The summed E-state index contributed by atoms with van der Waals surface area (Å²) in [6.07, 6.45) is -0.902. The molecule has 1 aromatic carbocycles. The van der Waals surface area contributed by atoms with Crippen molar-refractivity contribution in [2.24, 2.45) is 0 Å². The van der Waals surface area contributed by atoms with Gasteiger partial charge >= 0.3 is 5.97 Å². The fraction of sp³-hybridized carbons (Fsp3) is 0.389. The van der Waals surface area contributed by atoms with Crippen molar-refractivity contribution in [1.29, 1.82) is 0 Å². The minimum atomic E-state index is -1.02. The minimum absolute atomic E-state index is 0.000854. The highest BCUT2D eigenvalue weighted by Crippen LogP contribution is 2.40. The third-order valence-corrected chi connectivity index (χ3v) is 3.89. The Kier molecular flexibility index (Phi) is 4.99. The zero-order valence-corrected chi connectivity index (χ0v) is 14.4. The van der Waals surface area contributed by atoms with E-state index in [1.54, 1.807) is 20.8 Å². The molecular formula is C18H21NO6. The van der Waals surface area contributed by atoms with Gasteiger partial charge in [-0.05, 0) is 32.8 Å². The van der Waals surface area contributed by atoms with Crippen LogP contribution in [0.2, 0.25) is 0 Å². The largest absolute Gasteiger partial charge is 0.507 e. The Bertz CT molecular complexity index is 742. The fourth-order valence-electron chi connectivity index (χ4n) is 2.68. The highest BCUT2D eigenvalue weighted by atomic mass is 16.6. The quantitative estimate of drug-likeness (QED) is 0.494. The molecule has 0 saturated heterocycles.